The minimum Gasteiger partial charge on any atom is -0.395 e. The molecule has 5 aromatic rings. The van der Waals surface area contributed by atoms with Crippen LogP contribution in [0.5, 0.6) is 23.0 Å². The monoisotopic (exact) mass is 528 g/mol. The second kappa shape index (κ2) is 9.87. The van der Waals surface area contributed by atoms with Gasteiger partial charge < -0.3 is 18.9 Å². The lowest BCUT2D eigenvalue weighted by Crippen LogP contribution is -2.16. The molecule has 5 rings (SSSR count). The van der Waals surface area contributed by atoms with Gasteiger partial charge in [0.1, 0.15) is 17.2 Å². The zero-order valence-corrected chi connectivity index (χ0v) is 19.7. The molecular formula is C28H17BrO6. The Morgan fingerprint density at radius 2 is 0.914 bits per heavy atom. The molecule has 35 heavy (non-hydrogen) atoms. The molecule has 0 aromatic heterocycles. The molecule has 0 radical (unpaired) electrons. The average molecular weight is 529 g/mol. The molecule has 172 valence electrons. The third kappa shape index (κ3) is 4.95. The van der Waals surface area contributed by atoms with E-state index in [1.54, 1.807) is 91.0 Å². The number of halogens is 1. The molecule has 0 aliphatic rings. The van der Waals surface area contributed by atoms with Crippen molar-refractivity contribution in [1.29, 1.82) is 0 Å². The van der Waals surface area contributed by atoms with E-state index < -0.39 is 12.3 Å². The van der Waals surface area contributed by atoms with Crippen molar-refractivity contribution in [2.75, 3.05) is 0 Å². The molecule has 0 saturated carbocycles. The Bertz CT molecular complexity index is 1530. The van der Waals surface area contributed by atoms with Crippen LogP contribution in [-0.4, -0.2) is 12.3 Å². The van der Waals surface area contributed by atoms with Crippen LogP contribution < -0.4 is 18.9 Å². The summed E-state index contributed by atoms with van der Waals surface area (Å²) >= 11 is 3.47. The summed E-state index contributed by atoms with van der Waals surface area (Å²) in [6.07, 6.45) is -1.78. The number of hydrogen-bond donors (Lipinski definition) is 0. The number of fused-ring (bicyclic) bond motifs is 2. The molecule has 0 N–H and O–H groups in total. The number of carbonyl (C=O) groups excluding carboxylic acids is 2. The first kappa shape index (κ1) is 22.4. The molecule has 0 aliphatic heterocycles. The second-order valence-corrected chi connectivity index (χ2v) is 8.34. The van der Waals surface area contributed by atoms with Crippen LogP contribution in [0, 0.1) is 0 Å². The van der Waals surface area contributed by atoms with Crippen LogP contribution in [0.1, 0.15) is 0 Å². The second-order valence-electron chi connectivity index (χ2n) is 7.43. The normalized spacial score (nSPS) is 10.7. The highest BCUT2D eigenvalue weighted by Gasteiger charge is 2.22. The van der Waals surface area contributed by atoms with Gasteiger partial charge in [0.2, 0.25) is 0 Å². The van der Waals surface area contributed by atoms with Gasteiger partial charge in [-0.25, -0.2) is 9.59 Å². The molecule has 0 heterocycles. The first-order chi connectivity index (χ1) is 17.1. The fourth-order valence-electron chi connectivity index (χ4n) is 3.67. The topological polar surface area (TPSA) is 71.1 Å². The Morgan fingerprint density at radius 1 is 0.486 bits per heavy atom. The zero-order valence-electron chi connectivity index (χ0n) is 18.1. The third-order valence-corrected chi connectivity index (χ3v) is 5.64. The lowest BCUT2D eigenvalue weighted by atomic mass is 10.0. The highest BCUT2D eigenvalue weighted by molar-refractivity contribution is 9.10. The number of benzene rings is 5. The van der Waals surface area contributed by atoms with Crippen LogP contribution in [0.2, 0.25) is 0 Å². The fraction of sp³-hybridized carbons (Fsp3) is 0. The highest BCUT2D eigenvalue weighted by atomic mass is 79.9. The molecule has 0 atom stereocenters. The Kier molecular flexibility index (Phi) is 6.32. The molecule has 0 fully saturated rings. The number of para-hydroxylation sites is 2. The van der Waals surface area contributed by atoms with Gasteiger partial charge in [0.05, 0.1) is 0 Å². The maximum Gasteiger partial charge on any atom is 0.519 e. The maximum atomic E-state index is 12.7. The van der Waals surface area contributed by atoms with E-state index in [1.807, 2.05) is 12.1 Å². The van der Waals surface area contributed by atoms with Crippen molar-refractivity contribution in [1.82, 2.24) is 0 Å². The Hall–Kier alpha value is -4.36. The first-order valence-corrected chi connectivity index (χ1v) is 11.4. The summed E-state index contributed by atoms with van der Waals surface area (Å²) in [5.41, 5.74) is 0. The van der Waals surface area contributed by atoms with Crippen LogP contribution in [0.3, 0.4) is 0 Å². The molecule has 0 spiro atoms. The Balaban J connectivity index is 1.57. The minimum absolute atomic E-state index is 0.279. The fourth-order valence-corrected chi connectivity index (χ4v) is 4.03. The largest absolute Gasteiger partial charge is 0.519 e. The van der Waals surface area contributed by atoms with E-state index in [2.05, 4.69) is 15.9 Å². The lowest BCUT2D eigenvalue weighted by molar-refractivity contribution is 0.151. The molecule has 0 unspecified atom stereocenters. The van der Waals surface area contributed by atoms with Crippen molar-refractivity contribution < 1.29 is 28.5 Å². The van der Waals surface area contributed by atoms with Gasteiger partial charge in [-0.3, -0.25) is 0 Å². The molecule has 0 bridgehead atoms. The summed E-state index contributed by atoms with van der Waals surface area (Å²) in [6.45, 7) is 0. The SMILES string of the molecule is O=C(Oc1ccccc1)Oc1c2ccccc2c(OC(=O)Oc2ccccc2)c2cc(Br)ccc12. The Morgan fingerprint density at radius 3 is 1.43 bits per heavy atom. The number of ether oxygens (including phenoxy) is 4. The van der Waals surface area contributed by atoms with E-state index in [1.165, 1.54) is 0 Å². The predicted molar refractivity (Wildman–Crippen MR) is 135 cm³/mol. The van der Waals surface area contributed by atoms with Crippen molar-refractivity contribution >= 4 is 49.8 Å². The molecule has 0 aliphatic carbocycles. The van der Waals surface area contributed by atoms with Crippen molar-refractivity contribution in [2.45, 2.75) is 0 Å². The van der Waals surface area contributed by atoms with E-state index in [9.17, 15) is 9.59 Å². The molecular weight excluding hydrogens is 512 g/mol. The van der Waals surface area contributed by atoms with Crippen LogP contribution >= 0.6 is 15.9 Å². The van der Waals surface area contributed by atoms with Crippen LogP contribution in [0.15, 0.2) is 108 Å². The van der Waals surface area contributed by atoms with E-state index >= 15 is 0 Å². The maximum absolute atomic E-state index is 12.7. The number of hydrogen-bond acceptors (Lipinski definition) is 6. The van der Waals surface area contributed by atoms with Gasteiger partial charge >= 0.3 is 12.3 Å². The van der Waals surface area contributed by atoms with Gasteiger partial charge in [-0.1, -0.05) is 76.6 Å². The summed E-state index contributed by atoms with van der Waals surface area (Å²) in [6, 6.07) is 29.8. The predicted octanol–water partition coefficient (Wildman–Crippen LogP) is 7.91. The quantitative estimate of drug-likeness (QED) is 0.134. The summed E-state index contributed by atoms with van der Waals surface area (Å²) in [7, 11) is 0. The van der Waals surface area contributed by atoms with Crippen molar-refractivity contribution in [3.05, 3.63) is 108 Å². The number of rotatable bonds is 4. The van der Waals surface area contributed by atoms with Crippen LogP contribution in [0.4, 0.5) is 9.59 Å². The summed E-state index contributed by atoms with van der Waals surface area (Å²) in [5, 5.41) is 2.23. The van der Waals surface area contributed by atoms with Crippen LogP contribution in [-0.2, 0) is 0 Å². The van der Waals surface area contributed by atoms with Crippen molar-refractivity contribution in [2.24, 2.45) is 0 Å². The Labute approximate surface area is 208 Å². The highest BCUT2D eigenvalue weighted by Crippen LogP contribution is 2.44. The van der Waals surface area contributed by atoms with Gasteiger partial charge in [-0.2, -0.15) is 0 Å². The first-order valence-electron chi connectivity index (χ1n) is 10.6. The van der Waals surface area contributed by atoms with Gasteiger partial charge in [-0.15, -0.1) is 0 Å². The van der Waals surface area contributed by atoms with Gasteiger partial charge in [-0.05, 0) is 42.5 Å². The van der Waals surface area contributed by atoms with Crippen molar-refractivity contribution in [3.8, 4) is 23.0 Å². The lowest BCUT2D eigenvalue weighted by Gasteiger charge is -2.16. The molecule has 7 heteroatoms. The van der Waals surface area contributed by atoms with E-state index in [0.29, 0.717) is 33.0 Å². The summed E-state index contributed by atoms with van der Waals surface area (Å²) in [5.74, 6) is 1.28. The standard InChI is InChI=1S/C28H17BrO6/c29-18-15-16-23-24(17-18)26(35-28(31)33-20-11-5-2-6-12-20)22-14-8-7-13-21(22)25(23)34-27(30)32-19-9-3-1-4-10-19/h1-17H. The molecule has 0 amide bonds. The van der Waals surface area contributed by atoms with Gasteiger partial charge in [0, 0.05) is 26.0 Å². The zero-order chi connectivity index (χ0) is 24.2. The van der Waals surface area contributed by atoms with E-state index in [4.69, 9.17) is 18.9 Å². The third-order valence-electron chi connectivity index (χ3n) is 5.15. The van der Waals surface area contributed by atoms with E-state index in [0.717, 1.165) is 4.47 Å². The number of carbonyl (C=O) groups is 2. The molecule has 6 nitrogen and oxygen atoms in total. The smallest absolute Gasteiger partial charge is 0.395 e. The molecule has 0 saturated heterocycles. The molecule has 5 aromatic carbocycles. The van der Waals surface area contributed by atoms with Crippen LogP contribution in [0.25, 0.3) is 21.5 Å². The van der Waals surface area contributed by atoms with Gasteiger partial charge in [0.15, 0.2) is 5.75 Å². The minimum atomic E-state index is -0.889. The summed E-state index contributed by atoms with van der Waals surface area (Å²) in [4.78, 5) is 25.3. The van der Waals surface area contributed by atoms with E-state index in [-0.39, 0.29) is 11.5 Å². The average Bonchev–Trinajstić information content (AvgIpc) is 2.87. The van der Waals surface area contributed by atoms with Gasteiger partial charge in [0.25, 0.3) is 0 Å². The van der Waals surface area contributed by atoms with Crippen molar-refractivity contribution in [3.63, 3.8) is 0 Å². The summed E-state index contributed by atoms with van der Waals surface area (Å²) < 4.78 is 22.8.